The van der Waals surface area contributed by atoms with Gasteiger partial charge in [-0.2, -0.15) is 0 Å². The van der Waals surface area contributed by atoms with Crippen molar-refractivity contribution >= 4 is 6.29 Å². The van der Waals surface area contributed by atoms with Crippen molar-refractivity contribution in [2.45, 2.75) is 58.9 Å². The Morgan fingerprint density at radius 1 is 1.33 bits per heavy atom. The molecular weight excluding hydrogens is 186 g/mol. The van der Waals surface area contributed by atoms with Crippen molar-refractivity contribution in [3.8, 4) is 0 Å². The van der Waals surface area contributed by atoms with Crippen LogP contribution in [0.25, 0.3) is 0 Å². The fourth-order valence-electron chi connectivity index (χ4n) is 2.65. The van der Waals surface area contributed by atoms with Gasteiger partial charge < -0.3 is 4.79 Å². The molecule has 1 heterocycles. The van der Waals surface area contributed by atoms with Crippen LogP contribution in [0.3, 0.4) is 0 Å². The van der Waals surface area contributed by atoms with Crippen LogP contribution in [0.15, 0.2) is 0 Å². The molecule has 2 heteroatoms. The second-order valence-electron chi connectivity index (χ2n) is 4.86. The first-order chi connectivity index (χ1) is 7.21. The van der Waals surface area contributed by atoms with E-state index in [0.717, 1.165) is 25.4 Å². The SMILES string of the molecule is CCC1CCCN1CC(C=O)(CC)CC. The molecule has 0 saturated carbocycles. The summed E-state index contributed by atoms with van der Waals surface area (Å²) in [7, 11) is 0. The lowest BCUT2D eigenvalue weighted by atomic mass is 9.83. The smallest absolute Gasteiger partial charge is 0.127 e. The lowest BCUT2D eigenvalue weighted by molar-refractivity contribution is -0.117. The molecule has 0 aromatic carbocycles. The molecule has 0 bridgehead atoms. The zero-order valence-corrected chi connectivity index (χ0v) is 10.5. The molecule has 1 aliphatic rings. The van der Waals surface area contributed by atoms with Gasteiger partial charge in [0.1, 0.15) is 6.29 Å². The highest BCUT2D eigenvalue weighted by Crippen LogP contribution is 2.29. The highest BCUT2D eigenvalue weighted by atomic mass is 16.1. The molecule has 1 unspecified atom stereocenters. The molecule has 0 radical (unpaired) electrons. The Kier molecular flexibility index (Phi) is 4.78. The lowest BCUT2D eigenvalue weighted by Gasteiger charge is -2.33. The van der Waals surface area contributed by atoms with E-state index in [9.17, 15) is 4.79 Å². The van der Waals surface area contributed by atoms with Gasteiger partial charge in [-0.3, -0.25) is 4.90 Å². The molecule has 1 fully saturated rings. The fourth-order valence-corrected chi connectivity index (χ4v) is 2.65. The van der Waals surface area contributed by atoms with Crippen molar-refractivity contribution in [2.24, 2.45) is 5.41 Å². The minimum absolute atomic E-state index is 0.0856. The van der Waals surface area contributed by atoms with E-state index in [1.165, 1.54) is 32.1 Å². The van der Waals surface area contributed by atoms with Crippen molar-refractivity contribution in [1.82, 2.24) is 4.90 Å². The standard InChI is InChI=1S/C13H25NO/c1-4-12-8-7-9-14(12)10-13(5-2,6-3)11-15/h11-12H,4-10H2,1-3H3. The third kappa shape index (κ3) is 2.81. The predicted molar refractivity (Wildman–Crippen MR) is 64.0 cm³/mol. The first kappa shape index (κ1) is 12.7. The van der Waals surface area contributed by atoms with Crippen LogP contribution >= 0.6 is 0 Å². The summed E-state index contributed by atoms with van der Waals surface area (Å²) in [5.41, 5.74) is -0.0856. The summed E-state index contributed by atoms with van der Waals surface area (Å²) in [6.07, 6.45) is 6.99. The van der Waals surface area contributed by atoms with Crippen LogP contribution in [0.5, 0.6) is 0 Å². The van der Waals surface area contributed by atoms with E-state index in [2.05, 4.69) is 25.7 Å². The zero-order valence-electron chi connectivity index (χ0n) is 10.5. The summed E-state index contributed by atoms with van der Waals surface area (Å²) in [5.74, 6) is 0. The predicted octanol–water partition coefficient (Wildman–Crippen LogP) is 2.87. The van der Waals surface area contributed by atoms with Crippen molar-refractivity contribution in [2.75, 3.05) is 13.1 Å². The molecule has 0 N–H and O–H groups in total. The van der Waals surface area contributed by atoms with E-state index in [1.54, 1.807) is 0 Å². The van der Waals surface area contributed by atoms with Gasteiger partial charge in [0.25, 0.3) is 0 Å². The zero-order chi connectivity index (χ0) is 11.3. The monoisotopic (exact) mass is 211 g/mol. The second-order valence-corrected chi connectivity index (χ2v) is 4.86. The highest BCUT2D eigenvalue weighted by molar-refractivity contribution is 5.59. The molecule has 1 rings (SSSR count). The number of likely N-dealkylation sites (tertiary alicyclic amines) is 1. The summed E-state index contributed by atoms with van der Waals surface area (Å²) >= 11 is 0. The van der Waals surface area contributed by atoms with Crippen LogP contribution in [-0.4, -0.2) is 30.3 Å². The molecule has 88 valence electrons. The van der Waals surface area contributed by atoms with E-state index < -0.39 is 0 Å². The van der Waals surface area contributed by atoms with Crippen molar-refractivity contribution in [3.05, 3.63) is 0 Å². The van der Waals surface area contributed by atoms with Gasteiger partial charge in [-0.25, -0.2) is 0 Å². The average molecular weight is 211 g/mol. The van der Waals surface area contributed by atoms with Crippen LogP contribution in [-0.2, 0) is 4.79 Å². The molecule has 1 saturated heterocycles. The molecule has 0 spiro atoms. The van der Waals surface area contributed by atoms with Gasteiger partial charge in [0, 0.05) is 18.0 Å². The lowest BCUT2D eigenvalue weighted by Crippen LogP contribution is -2.40. The van der Waals surface area contributed by atoms with E-state index in [0.29, 0.717) is 0 Å². The Hall–Kier alpha value is -0.370. The van der Waals surface area contributed by atoms with Gasteiger partial charge in [-0.05, 0) is 38.6 Å². The van der Waals surface area contributed by atoms with Crippen LogP contribution in [0, 0.1) is 5.41 Å². The Bertz CT molecular complexity index is 199. The molecule has 0 aromatic rings. The second kappa shape index (κ2) is 5.64. The summed E-state index contributed by atoms with van der Waals surface area (Å²) in [4.78, 5) is 13.8. The van der Waals surface area contributed by atoms with Crippen LogP contribution in [0.4, 0.5) is 0 Å². The van der Waals surface area contributed by atoms with Crippen molar-refractivity contribution in [3.63, 3.8) is 0 Å². The summed E-state index contributed by atoms with van der Waals surface area (Å²) in [6.45, 7) is 8.68. The first-order valence-corrected chi connectivity index (χ1v) is 6.41. The van der Waals surface area contributed by atoms with E-state index in [-0.39, 0.29) is 5.41 Å². The Balaban J connectivity index is 2.61. The number of nitrogens with zero attached hydrogens (tertiary/aromatic N) is 1. The van der Waals surface area contributed by atoms with Crippen LogP contribution in [0.1, 0.15) is 52.9 Å². The summed E-state index contributed by atoms with van der Waals surface area (Å²) < 4.78 is 0. The maximum absolute atomic E-state index is 11.2. The number of carbonyl (C=O) groups excluding carboxylic acids is 1. The van der Waals surface area contributed by atoms with Gasteiger partial charge >= 0.3 is 0 Å². The van der Waals surface area contributed by atoms with Crippen LogP contribution in [0.2, 0.25) is 0 Å². The maximum atomic E-state index is 11.2. The molecule has 1 aliphatic heterocycles. The largest absolute Gasteiger partial charge is 0.303 e. The third-order valence-electron chi connectivity index (χ3n) is 4.15. The summed E-state index contributed by atoms with van der Waals surface area (Å²) in [5, 5.41) is 0. The molecule has 2 nitrogen and oxygen atoms in total. The van der Waals surface area contributed by atoms with E-state index >= 15 is 0 Å². The maximum Gasteiger partial charge on any atom is 0.127 e. The van der Waals surface area contributed by atoms with Gasteiger partial charge in [-0.1, -0.05) is 20.8 Å². The number of aldehydes is 1. The fraction of sp³-hybridized carbons (Fsp3) is 0.923. The molecule has 15 heavy (non-hydrogen) atoms. The topological polar surface area (TPSA) is 20.3 Å². The average Bonchev–Trinajstić information content (AvgIpc) is 2.73. The molecular formula is C13H25NO. The van der Waals surface area contributed by atoms with Gasteiger partial charge in [-0.15, -0.1) is 0 Å². The third-order valence-corrected chi connectivity index (χ3v) is 4.15. The Labute approximate surface area is 94.0 Å². The quantitative estimate of drug-likeness (QED) is 0.630. The van der Waals surface area contributed by atoms with Crippen molar-refractivity contribution in [1.29, 1.82) is 0 Å². The molecule has 0 amide bonds. The highest BCUT2D eigenvalue weighted by Gasteiger charge is 2.32. The first-order valence-electron chi connectivity index (χ1n) is 6.41. The number of carbonyl (C=O) groups is 1. The van der Waals surface area contributed by atoms with Crippen molar-refractivity contribution < 1.29 is 4.79 Å². The molecule has 0 aromatic heterocycles. The molecule has 1 atom stereocenters. The Morgan fingerprint density at radius 3 is 2.47 bits per heavy atom. The van der Waals surface area contributed by atoms with Crippen LogP contribution < -0.4 is 0 Å². The minimum Gasteiger partial charge on any atom is -0.303 e. The number of rotatable bonds is 6. The number of hydrogen-bond donors (Lipinski definition) is 0. The van der Waals surface area contributed by atoms with E-state index in [1.807, 2.05) is 0 Å². The summed E-state index contributed by atoms with van der Waals surface area (Å²) in [6, 6.07) is 0.724. The van der Waals surface area contributed by atoms with Gasteiger partial charge in [0.2, 0.25) is 0 Å². The van der Waals surface area contributed by atoms with E-state index in [4.69, 9.17) is 0 Å². The van der Waals surface area contributed by atoms with Gasteiger partial charge in [0.05, 0.1) is 0 Å². The van der Waals surface area contributed by atoms with Gasteiger partial charge in [0.15, 0.2) is 0 Å². The molecule has 0 aliphatic carbocycles. The Morgan fingerprint density at radius 2 is 2.00 bits per heavy atom. The number of hydrogen-bond acceptors (Lipinski definition) is 2. The normalized spacial score (nSPS) is 23.3. The minimum atomic E-state index is -0.0856.